The molecule has 0 spiro atoms. The predicted molar refractivity (Wildman–Crippen MR) is 54.1 cm³/mol. The van der Waals surface area contributed by atoms with Gasteiger partial charge < -0.3 is 9.97 Å². The number of imidazole rings is 1. The van der Waals surface area contributed by atoms with Crippen LogP contribution in [0.4, 0.5) is 0 Å². The second kappa shape index (κ2) is 4.11. The van der Waals surface area contributed by atoms with Crippen molar-refractivity contribution < 1.29 is 14.6 Å². The Morgan fingerprint density at radius 2 is 2.07 bits per heavy atom. The number of benzene rings is 1. The van der Waals surface area contributed by atoms with Crippen molar-refractivity contribution in [3.8, 4) is 0 Å². The molecule has 0 fully saturated rings. The smallest absolute Gasteiger partial charge is 0.175 e. The first-order valence-electron chi connectivity index (χ1n) is 3.66. The Bertz CT molecular complexity index is 493. The molecular formula is C7H6N2O3S2. The number of hydrogen-bond acceptors (Lipinski definition) is 5. The van der Waals surface area contributed by atoms with Crippen LogP contribution >= 0.6 is 24.3 Å². The molecule has 0 saturated heterocycles. The molecule has 0 amide bonds. The maximum atomic E-state index is 7.97. The van der Waals surface area contributed by atoms with Crippen LogP contribution in [0.1, 0.15) is 0 Å². The zero-order valence-corrected chi connectivity index (χ0v) is 8.45. The first-order chi connectivity index (χ1) is 6.79. The summed E-state index contributed by atoms with van der Waals surface area (Å²) < 4.78 is 4.87. The summed E-state index contributed by atoms with van der Waals surface area (Å²) in [5.41, 5.74) is 1.80. The summed E-state index contributed by atoms with van der Waals surface area (Å²) >= 11 is 5.83. The predicted octanol–water partition coefficient (Wildman–Crippen LogP) is 2.65. The highest BCUT2D eigenvalue weighted by atomic mass is 32.2. The number of aromatic nitrogens is 2. The van der Waals surface area contributed by atoms with Gasteiger partial charge in [-0.2, -0.15) is 0 Å². The first-order valence-corrected chi connectivity index (χ1v) is 4.81. The van der Waals surface area contributed by atoms with Crippen LogP contribution in [-0.4, -0.2) is 15.2 Å². The molecule has 3 N–H and O–H groups in total. The molecule has 0 aliphatic heterocycles. The zero-order chi connectivity index (χ0) is 9.97. The van der Waals surface area contributed by atoms with Gasteiger partial charge in [0.15, 0.2) is 4.77 Å². The highest BCUT2D eigenvalue weighted by Crippen LogP contribution is 2.22. The Morgan fingerprint density at radius 1 is 1.29 bits per heavy atom. The Labute approximate surface area is 88.1 Å². The summed E-state index contributed by atoms with van der Waals surface area (Å²) in [6.07, 6.45) is 0. The highest BCUT2D eigenvalue weighted by molar-refractivity contribution is 7.94. The van der Waals surface area contributed by atoms with Crippen LogP contribution in [0.15, 0.2) is 23.1 Å². The van der Waals surface area contributed by atoms with E-state index in [1.54, 1.807) is 0 Å². The third-order valence-electron chi connectivity index (χ3n) is 1.65. The molecule has 1 heterocycles. The van der Waals surface area contributed by atoms with E-state index in [4.69, 9.17) is 17.5 Å². The molecule has 0 radical (unpaired) electrons. The van der Waals surface area contributed by atoms with Gasteiger partial charge in [0.05, 0.1) is 23.1 Å². The highest BCUT2D eigenvalue weighted by Gasteiger charge is 2.00. The van der Waals surface area contributed by atoms with Gasteiger partial charge in [-0.25, -0.2) is 5.26 Å². The molecule has 0 aliphatic carbocycles. The van der Waals surface area contributed by atoms with Crippen LogP contribution < -0.4 is 0 Å². The van der Waals surface area contributed by atoms with E-state index in [1.807, 2.05) is 18.2 Å². The molecule has 2 rings (SSSR count). The second-order valence-corrected chi connectivity index (χ2v) is 3.69. The van der Waals surface area contributed by atoms with Crippen molar-refractivity contribution in [2.75, 3.05) is 0 Å². The molecule has 2 aromatic rings. The Balaban J connectivity index is 2.35. The standard InChI is InChI=1S/C7H6N2O3S2/c10-11-12-14-4-1-2-5-6(3-4)9-7(13)8-5/h1-3,10H,(H2,8,9,13). The molecule has 5 nitrogen and oxygen atoms in total. The van der Waals surface area contributed by atoms with Crippen LogP contribution in [-0.2, 0) is 9.37 Å². The minimum Gasteiger partial charge on any atom is -0.331 e. The van der Waals surface area contributed by atoms with Crippen molar-refractivity contribution in [3.63, 3.8) is 0 Å². The van der Waals surface area contributed by atoms with Gasteiger partial charge in [-0.1, -0.05) is 5.04 Å². The van der Waals surface area contributed by atoms with E-state index in [1.165, 1.54) is 0 Å². The van der Waals surface area contributed by atoms with E-state index in [9.17, 15) is 0 Å². The lowest BCUT2D eigenvalue weighted by Crippen LogP contribution is -1.78. The third kappa shape index (κ3) is 1.97. The minimum absolute atomic E-state index is 0.571. The number of aromatic amines is 2. The van der Waals surface area contributed by atoms with Gasteiger partial charge in [0.25, 0.3) is 0 Å². The maximum Gasteiger partial charge on any atom is 0.175 e. The molecule has 0 unspecified atom stereocenters. The van der Waals surface area contributed by atoms with Crippen molar-refractivity contribution in [1.82, 2.24) is 9.97 Å². The first kappa shape index (κ1) is 9.69. The van der Waals surface area contributed by atoms with E-state index in [0.29, 0.717) is 4.77 Å². The monoisotopic (exact) mass is 230 g/mol. The van der Waals surface area contributed by atoms with Gasteiger partial charge in [0.1, 0.15) is 0 Å². The Kier molecular flexibility index (Phi) is 2.85. The van der Waals surface area contributed by atoms with Crippen molar-refractivity contribution in [2.45, 2.75) is 4.90 Å². The summed E-state index contributed by atoms with van der Waals surface area (Å²) in [6, 6.07) is 5.49. The minimum atomic E-state index is 0.571. The molecule has 14 heavy (non-hydrogen) atoms. The Hall–Kier alpha value is -0.860. The van der Waals surface area contributed by atoms with Crippen LogP contribution in [0.2, 0.25) is 0 Å². The fourth-order valence-electron chi connectivity index (χ4n) is 1.12. The molecule has 1 aromatic carbocycles. The van der Waals surface area contributed by atoms with Crippen molar-refractivity contribution in [1.29, 1.82) is 0 Å². The summed E-state index contributed by atoms with van der Waals surface area (Å²) in [7, 11) is 0. The summed E-state index contributed by atoms with van der Waals surface area (Å²) in [4.78, 5) is 6.72. The van der Waals surface area contributed by atoms with Crippen LogP contribution in [0.5, 0.6) is 0 Å². The number of H-pyrrole nitrogens is 2. The van der Waals surface area contributed by atoms with E-state index in [0.717, 1.165) is 28.0 Å². The largest absolute Gasteiger partial charge is 0.331 e. The van der Waals surface area contributed by atoms with Gasteiger partial charge in [0, 0.05) is 4.90 Å². The SMILES string of the molecule is OOOSc1ccc2[nH]c(=S)[nH]c2c1. The lowest BCUT2D eigenvalue weighted by atomic mass is 10.3. The topological polar surface area (TPSA) is 70.3 Å². The normalized spacial score (nSPS) is 10.9. The molecule has 0 aliphatic rings. The van der Waals surface area contributed by atoms with Crippen molar-refractivity contribution in [2.24, 2.45) is 0 Å². The Morgan fingerprint density at radius 3 is 2.86 bits per heavy atom. The van der Waals surface area contributed by atoms with Gasteiger partial charge in [-0.3, -0.25) is 0 Å². The molecule has 0 saturated carbocycles. The zero-order valence-electron chi connectivity index (χ0n) is 6.81. The second-order valence-electron chi connectivity index (χ2n) is 2.51. The molecule has 7 heteroatoms. The van der Waals surface area contributed by atoms with E-state index in [-0.39, 0.29) is 0 Å². The number of nitrogens with one attached hydrogen (secondary N) is 2. The van der Waals surface area contributed by atoms with Crippen molar-refractivity contribution >= 4 is 35.3 Å². The van der Waals surface area contributed by atoms with E-state index >= 15 is 0 Å². The fourth-order valence-corrected chi connectivity index (χ4v) is 1.74. The van der Waals surface area contributed by atoms with Gasteiger partial charge in [0.2, 0.25) is 0 Å². The molecular weight excluding hydrogens is 224 g/mol. The summed E-state index contributed by atoms with van der Waals surface area (Å²) in [5.74, 6) is 0. The van der Waals surface area contributed by atoms with Crippen LogP contribution in [0.3, 0.4) is 0 Å². The maximum absolute atomic E-state index is 7.97. The van der Waals surface area contributed by atoms with Crippen LogP contribution in [0, 0.1) is 4.77 Å². The molecule has 0 bridgehead atoms. The average molecular weight is 230 g/mol. The van der Waals surface area contributed by atoms with Gasteiger partial charge >= 0.3 is 0 Å². The lowest BCUT2D eigenvalue weighted by Gasteiger charge is -1.96. The number of hydrogen-bond donors (Lipinski definition) is 3. The molecule has 1 aromatic heterocycles. The number of rotatable bonds is 3. The fraction of sp³-hybridized carbons (Fsp3) is 0. The van der Waals surface area contributed by atoms with Crippen LogP contribution in [0.25, 0.3) is 11.0 Å². The quantitative estimate of drug-likeness (QED) is 0.327. The summed E-state index contributed by atoms with van der Waals surface area (Å²) in [5, 5.41) is 11.5. The molecule has 0 atom stereocenters. The van der Waals surface area contributed by atoms with Gasteiger partial charge in [-0.15, -0.1) is 4.33 Å². The molecule has 74 valence electrons. The van der Waals surface area contributed by atoms with Gasteiger partial charge in [-0.05, 0) is 30.4 Å². The third-order valence-corrected chi connectivity index (χ3v) is 2.43. The van der Waals surface area contributed by atoms with E-state index in [2.05, 4.69) is 19.3 Å². The summed E-state index contributed by atoms with van der Waals surface area (Å²) in [6.45, 7) is 0. The lowest BCUT2D eigenvalue weighted by molar-refractivity contribution is -0.432. The number of fused-ring (bicyclic) bond motifs is 1. The van der Waals surface area contributed by atoms with E-state index < -0.39 is 0 Å². The average Bonchev–Trinajstić information content (AvgIpc) is 2.54. The van der Waals surface area contributed by atoms with Crippen molar-refractivity contribution in [3.05, 3.63) is 23.0 Å².